The molecule has 1 aromatic heterocycles. The van der Waals surface area contributed by atoms with Crippen molar-refractivity contribution >= 4 is 22.6 Å². The van der Waals surface area contributed by atoms with Crippen LogP contribution in [0.25, 0.3) is 16.6 Å². The van der Waals surface area contributed by atoms with E-state index in [0.29, 0.717) is 29.0 Å². The summed E-state index contributed by atoms with van der Waals surface area (Å²) in [5.41, 5.74) is 3.39. The highest BCUT2D eigenvalue weighted by Crippen LogP contribution is 2.25. The third-order valence-electron chi connectivity index (χ3n) is 5.93. The molecule has 2 amide bonds. The summed E-state index contributed by atoms with van der Waals surface area (Å²) in [6.45, 7) is 7.96. The van der Waals surface area contributed by atoms with Crippen molar-refractivity contribution in [2.24, 2.45) is 0 Å². The van der Waals surface area contributed by atoms with E-state index in [1.54, 1.807) is 27.7 Å². The number of amides is 2. The van der Waals surface area contributed by atoms with E-state index in [-0.39, 0.29) is 5.56 Å². The fourth-order valence-corrected chi connectivity index (χ4v) is 4.12. The molecule has 174 valence electrons. The van der Waals surface area contributed by atoms with E-state index in [1.807, 2.05) is 58.0 Å². The molecule has 0 spiro atoms. The van der Waals surface area contributed by atoms with Gasteiger partial charge in [0.1, 0.15) is 11.6 Å². The summed E-state index contributed by atoms with van der Waals surface area (Å²) >= 11 is 0. The molecule has 34 heavy (non-hydrogen) atoms. The van der Waals surface area contributed by atoms with Crippen LogP contribution in [-0.4, -0.2) is 27.0 Å². The van der Waals surface area contributed by atoms with Gasteiger partial charge < -0.3 is 10.2 Å². The summed E-state index contributed by atoms with van der Waals surface area (Å²) in [5.74, 6) is 0.0162. The van der Waals surface area contributed by atoms with Crippen molar-refractivity contribution in [1.82, 2.24) is 14.5 Å². The van der Waals surface area contributed by atoms with Crippen molar-refractivity contribution in [3.63, 3.8) is 0 Å². The van der Waals surface area contributed by atoms with E-state index >= 15 is 0 Å². The van der Waals surface area contributed by atoms with E-state index in [0.717, 1.165) is 16.8 Å². The van der Waals surface area contributed by atoms with Crippen LogP contribution in [0.15, 0.2) is 71.5 Å². The first-order valence-corrected chi connectivity index (χ1v) is 11.2. The van der Waals surface area contributed by atoms with Gasteiger partial charge in [-0.3, -0.25) is 9.36 Å². The van der Waals surface area contributed by atoms with Gasteiger partial charge in [0, 0.05) is 12.2 Å². The van der Waals surface area contributed by atoms with Crippen molar-refractivity contribution in [3.05, 3.63) is 99.9 Å². The third-order valence-corrected chi connectivity index (χ3v) is 5.93. The molecule has 0 aliphatic rings. The molecule has 3 aromatic carbocycles. The maximum absolute atomic E-state index is 13.7. The van der Waals surface area contributed by atoms with Crippen LogP contribution in [-0.2, 0) is 0 Å². The van der Waals surface area contributed by atoms with Crippen LogP contribution in [0.5, 0.6) is 0 Å². The molecule has 4 aromatic rings. The number of anilines is 1. The van der Waals surface area contributed by atoms with Gasteiger partial charge in [0.15, 0.2) is 0 Å². The molecular weight excluding hydrogens is 431 g/mol. The fourth-order valence-electron chi connectivity index (χ4n) is 4.12. The molecule has 1 unspecified atom stereocenters. The lowest BCUT2D eigenvalue weighted by Gasteiger charge is -2.30. The highest BCUT2D eigenvalue weighted by molar-refractivity contribution is 5.89. The minimum absolute atomic E-state index is 0.192. The zero-order chi connectivity index (χ0) is 24.4. The van der Waals surface area contributed by atoms with E-state index in [1.165, 1.54) is 18.2 Å². The van der Waals surface area contributed by atoms with Crippen LogP contribution in [0.2, 0.25) is 0 Å². The van der Waals surface area contributed by atoms with Crippen molar-refractivity contribution in [1.29, 1.82) is 0 Å². The number of para-hydroxylation sites is 1. The molecule has 7 heteroatoms. The largest absolute Gasteiger partial charge is 0.322 e. The van der Waals surface area contributed by atoms with Gasteiger partial charge in [0.2, 0.25) is 0 Å². The second-order valence-electron chi connectivity index (χ2n) is 8.32. The molecular formula is C27H27FN4O2. The Hall–Kier alpha value is -4.00. The van der Waals surface area contributed by atoms with Crippen LogP contribution in [0.1, 0.15) is 36.8 Å². The lowest BCUT2D eigenvalue weighted by molar-refractivity contribution is 0.193. The van der Waals surface area contributed by atoms with Gasteiger partial charge in [-0.25, -0.2) is 14.2 Å². The number of fused-ring (bicyclic) bond motifs is 1. The number of nitrogens with zero attached hydrogens (tertiary/aromatic N) is 3. The number of nitrogens with one attached hydrogen (secondary N) is 1. The molecule has 0 bridgehead atoms. The number of benzene rings is 3. The number of aromatic nitrogens is 2. The molecule has 1 atom stereocenters. The Morgan fingerprint density at radius 3 is 2.59 bits per heavy atom. The van der Waals surface area contributed by atoms with Gasteiger partial charge in [0.05, 0.1) is 22.6 Å². The van der Waals surface area contributed by atoms with Crippen LogP contribution >= 0.6 is 0 Å². The van der Waals surface area contributed by atoms with Gasteiger partial charge in [0.25, 0.3) is 5.56 Å². The highest BCUT2D eigenvalue weighted by Gasteiger charge is 2.26. The molecule has 0 aliphatic heterocycles. The number of urea groups is 1. The molecule has 0 saturated heterocycles. The summed E-state index contributed by atoms with van der Waals surface area (Å²) in [7, 11) is 0. The quantitative estimate of drug-likeness (QED) is 0.414. The molecule has 0 radical (unpaired) electrons. The number of carbonyl (C=O) groups excluding carboxylic acids is 1. The molecule has 0 saturated carbocycles. The molecule has 6 nitrogen and oxygen atoms in total. The smallest absolute Gasteiger partial charge is 0.315 e. The van der Waals surface area contributed by atoms with Crippen molar-refractivity contribution in [2.45, 2.75) is 33.7 Å². The Bertz CT molecular complexity index is 1430. The Balaban J connectivity index is 1.85. The molecule has 0 fully saturated rings. The first-order valence-electron chi connectivity index (χ1n) is 11.2. The Morgan fingerprint density at radius 2 is 1.85 bits per heavy atom. The standard InChI is InChI=1S/C27H27FN4O2/c1-5-31(27(34)29-21-10-8-9-20(28)16-21)19(4)25-30-23-12-7-6-11-22(23)26(33)32(25)24-15-17(2)13-14-18(24)3/h6-16,19H,5H2,1-4H3,(H,29,34). The number of hydrogen-bond donors (Lipinski definition) is 1. The lowest BCUT2D eigenvalue weighted by Crippen LogP contribution is -2.39. The maximum Gasteiger partial charge on any atom is 0.322 e. The lowest BCUT2D eigenvalue weighted by atomic mass is 10.1. The summed E-state index contributed by atoms with van der Waals surface area (Å²) in [6.07, 6.45) is 0. The monoisotopic (exact) mass is 458 g/mol. The molecule has 1 N–H and O–H groups in total. The van der Waals surface area contributed by atoms with Crippen LogP contribution < -0.4 is 10.9 Å². The normalized spacial score (nSPS) is 11.9. The summed E-state index contributed by atoms with van der Waals surface area (Å²) in [6, 6.07) is 17.9. The predicted octanol–water partition coefficient (Wildman–Crippen LogP) is 5.76. The van der Waals surface area contributed by atoms with Crippen molar-refractivity contribution in [3.8, 4) is 5.69 Å². The average Bonchev–Trinajstić information content (AvgIpc) is 2.81. The number of halogens is 1. The SMILES string of the molecule is CCN(C(=O)Nc1cccc(F)c1)C(C)c1nc2ccccc2c(=O)n1-c1cc(C)ccc1C. The van der Waals surface area contributed by atoms with Crippen LogP contribution in [0, 0.1) is 19.7 Å². The van der Waals surface area contributed by atoms with Gasteiger partial charge in [-0.05, 0) is 75.2 Å². The minimum atomic E-state index is -0.546. The summed E-state index contributed by atoms with van der Waals surface area (Å²) in [5, 5.41) is 3.25. The van der Waals surface area contributed by atoms with E-state index in [4.69, 9.17) is 4.98 Å². The summed E-state index contributed by atoms with van der Waals surface area (Å²) < 4.78 is 15.2. The zero-order valence-corrected chi connectivity index (χ0v) is 19.7. The molecule has 0 aliphatic carbocycles. The highest BCUT2D eigenvalue weighted by atomic mass is 19.1. The third kappa shape index (κ3) is 4.41. The Morgan fingerprint density at radius 1 is 1.09 bits per heavy atom. The minimum Gasteiger partial charge on any atom is -0.315 e. The number of carbonyl (C=O) groups is 1. The van der Waals surface area contributed by atoms with Gasteiger partial charge in [-0.15, -0.1) is 0 Å². The number of aryl methyl sites for hydroxylation is 2. The van der Waals surface area contributed by atoms with Crippen LogP contribution in [0.4, 0.5) is 14.9 Å². The molecule has 1 heterocycles. The van der Waals surface area contributed by atoms with Gasteiger partial charge in [-0.2, -0.15) is 0 Å². The van der Waals surface area contributed by atoms with E-state index < -0.39 is 17.9 Å². The number of rotatable bonds is 5. The fraction of sp³-hybridized carbons (Fsp3) is 0.222. The first kappa shape index (κ1) is 23.2. The van der Waals surface area contributed by atoms with Gasteiger partial charge >= 0.3 is 6.03 Å². The maximum atomic E-state index is 13.7. The second-order valence-corrected chi connectivity index (χ2v) is 8.32. The summed E-state index contributed by atoms with van der Waals surface area (Å²) in [4.78, 5) is 33.3. The van der Waals surface area contributed by atoms with Crippen LogP contribution in [0.3, 0.4) is 0 Å². The van der Waals surface area contributed by atoms with E-state index in [9.17, 15) is 14.0 Å². The Labute approximate surface area is 197 Å². The number of hydrogen-bond acceptors (Lipinski definition) is 3. The predicted molar refractivity (Wildman–Crippen MR) is 133 cm³/mol. The van der Waals surface area contributed by atoms with E-state index in [2.05, 4.69) is 5.32 Å². The second kappa shape index (κ2) is 9.47. The zero-order valence-electron chi connectivity index (χ0n) is 19.7. The van der Waals surface area contributed by atoms with Gasteiger partial charge in [-0.1, -0.05) is 30.3 Å². The van der Waals surface area contributed by atoms with Crippen molar-refractivity contribution in [2.75, 3.05) is 11.9 Å². The molecule has 4 rings (SSSR count). The first-order chi connectivity index (χ1) is 16.3. The Kier molecular flexibility index (Phi) is 6.45. The van der Waals surface area contributed by atoms with Crippen molar-refractivity contribution < 1.29 is 9.18 Å². The average molecular weight is 459 g/mol. The topological polar surface area (TPSA) is 67.2 Å².